The quantitative estimate of drug-likeness (QED) is 0.740. The molecule has 0 bridgehead atoms. The van der Waals surface area contributed by atoms with Gasteiger partial charge in [0.1, 0.15) is 5.82 Å². The molecule has 0 radical (unpaired) electrons. The van der Waals surface area contributed by atoms with Crippen molar-refractivity contribution >= 4 is 15.9 Å². The Balaban J connectivity index is 2.60. The van der Waals surface area contributed by atoms with Crippen molar-refractivity contribution in [3.8, 4) is 0 Å². The highest BCUT2D eigenvalue weighted by atomic mass is 79.9. The summed E-state index contributed by atoms with van der Waals surface area (Å²) in [7, 11) is 0. The van der Waals surface area contributed by atoms with Gasteiger partial charge in [0.05, 0.1) is 0 Å². The van der Waals surface area contributed by atoms with Crippen LogP contribution in [-0.2, 0) is 11.2 Å². The predicted octanol–water partition coefficient (Wildman–Crippen LogP) is 3.54. The number of rotatable bonds is 8. The highest BCUT2D eigenvalue weighted by Gasteiger charge is 2.11. The van der Waals surface area contributed by atoms with Crippen LogP contribution >= 0.6 is 15.9 Å². The smallest absolute Gasteiger partial charge is 0.126 e. The molecular weight excluding hydrogens is 297 g/mol. The van der Waals surface area contributed by atoms with Gasteiger partial charge in [-0.3, -0.25) is 0 Å². The van der Waals surface area contributed by atoms with Gasteiger partial charge in [-0.05, 0) is 50.1 Å². The fourth-order valence-corrected chi connectivity index (χ4v) is 2.31. The molecule has 102 valence electrons. The van der Waals surface area contributed by atoms with Gasteiger partial charge < -0.3 is 10.1 Å². The summed E-state index contributed by atoms with van der Waals surface area (Å²) in [6.45, 7) is 6.36. The molecule has 4 heteroatoms. The van der Waals surface area contributed by atoms with Crippen molar-refractivity contribution in [2.45, 2.75) is 32.7 Å². The zero-order chi connectivity index (χ0) is 13.4. The average molecular weight is 318 g/mol. The Morgan fingerprint density at radius 1 is 1.39 bits per heavy atom. The number of nitrogens with one attached hydrogen (secondary N) is 1. The molecule has 1 aromatic rings. The maximum atomic E-state index is 13.7. The molecule has 0 saturated carbocycles. The summed E-state index contributed by atoms with van der Waals surface area (Å²) < 4.78 is 20.0. The van der Waals surface area contributed by atoms with E-state index in [0.29, 0.717) is 13.0 Å². The normalized spacial score (nSPS) is 12.7. The molecule has 0 fully saturated rings. The van der Waals surface area contributed by atoms with Gasteiger partial charge in [0, 0.05) is 23.7 Å². The van der Waals surface area contributed by atoms with E-state index in [4.69, 9.17) is 4.74 Å². The maximum Gasteiger partial charge on any atom is 0.126 e. The Morgan fingerprint density at radius 3 is 2.83 bits per heavy atom. The summed E-state index contributed by atoms with van der Waals surface area (Å²) in [5, 5.41) is 3.37. The van der Waals surface area contributed by atoms with Gasteiger partial charge in [-0.15, -0.1) is 0 Å². The van der Waals surface area contributed by atoms with E-state index in [0.717, 1.165) is 29.6 Å². The van der Waals surface area contributed by atoms with E-state index in [1.54, 1.807) is 6.07 Å². The standard InChI is InChI=1S/C14H21BrFNO/c1-3-17-13(7-8-18-4-2)10-11-9-12(15)5-6-14(11)16/h5-6,9,13,17H,3-4,7-8,10H2,1-2H3. The van der Waals surface area contributed by atoms with Crippen molar-refractivity contribution in [1.29, 1.82) is 0 Å². The first-order chi connectivity index (χ1) is 8.67. The zero-order valence-corrected chi connectivity index (χ0v) is 12.6. The van der Waals surface area contributed by atoms with E-state index in [1.165, 1.54) is 6.07 Å². The first-order valence-corrected chi connectivity index (χ1v) is 7.21. The Bertz CT molecular complexity index is 360. The number of benzene rings is 1. The van der Waals surface area contributed by atoms with E-state index in [2.05, 4.69) is 28.2 Å². The maximum absolute atomic E-state index is 13.7. The number of hydrogen-bond donors (Lipinski definition) is 1. The number of halogens is 2. The summed E-state index contributed by atoms with van der Waals surface area (Å²) in [6, 6.07) is 5.33. The summed E-state index contributed by atoms with van der Waals surface area (Å²) >= 11 is 3.38. The number of likely N-dealkylation sites (N-methyl/N-ethyl adjacent to an activating group) is 1. The van der Waals surface area contributed by atoms with Crippen LogP contribution in [0.1, 0.15) is 25.8 Å². The van der Waals surface area contributed by atoms with Gasteiger partial charge in [0.2, 0.25) is 0 Å². The molecule has 1 rings (SSSR count). The van der Waals surface area contributed by atoms with Crippen LogP contribution in [0.3, 0.4) is 0 Å². The highest BCUT2D eigenvalue weighted by molar-refractivity contribution is 9.10. The van der Waals surface area contributed by atoms with E-state index in [1.807, 2.05) is 13.0 Å². The third-order valence-electron chi connectivity index (χ3n) is 2.78. The first kappa shape index (κ1) is 15.6. The molecule has 0 aliphatic carbocycles. The Hall–Kier alpha value is -0.450. The third kappa shape index (κ3) is 5.46. The van der Waals surface area contributed by atoms with Crippen LogP contribution in [-0.4, -0.2) is 25.8 Å². The molecular formula is C14H21BrFNO. The fraction of sp³-hybridized carbons (Fsp3) is 0.571. The summed E-state index contributed by atoms with van der Waals surface area (Å²) in [6.07, 6.45) is 1.58. The minimum Gasteiger partial charge on any atom is -0.382 e. The van der Waals surface area contributed by atoms with Gasteiger partial charge in [-0.25, -0.2) is 4.39 Å². The van der Waals surface area contributed by atoms with Crippen molar-refractivity contribution in [3.05, 3.63) is 34.1 Å². The summed E-state index contributed by atoms with van der Waals surface area (Å²) in [4.78, 5) is 0. The van der Waals surface area contributed by atoms with Gasteiger partial charge in [-0.2, -0.15) is 0 Å². The first-order valence-electron chi connectivity index (χ1n) is 6.42. The molecule has 1 N–H and O–H groups in total. The topological polar surface area (TPSA) is 21.3 Å². The molecule has 1 atom stereocenters. The van der Waals surface area contributed by atoms with Crippen LogP contribution < -0.4 is 5.32 Å². The molecule has 0 aliphatic heterocycles. The zero-order valence-electron chi connectivity index (χ0n) is 11.0. The van der Waals surface area contributed by atoms with Crippen LogP contribution in [0.2, 0.25) is 0 Å². The SMILES string of the molecule is CCNC(CCOCC)Cc1cc(Br)ccc1F. The lowest BCUT2D eigenvalue weighted by molar-refractivity contribution is 0.136. The minimum absolute atomic E-state index is 0.141. The number of hydrogen-bond acceptors (Lipinski definition) is 2. The number of ether oxygens (including phenoxy) is 1. The van der Waals surface area contributed by atoms with Crippen LogP contribution in [0.5, 0.6) is 0 Å². The van der Waals surface area contributed by atoms with Crippen molar-refractivity contribution in [3.63, 3.8) is 0 Å². The molecule has 1 unspecified atom stereocenters. The molecule has 0 spiro atoms. The second kappa shape index (κ2) is 8.62. The monoisotopic (exact) mass is 317 g/mol. The second-order valence-electron chi connectivity index (χ2n) is 4.18. The van der Waals surface area contributed by atoms with Crippen LogP contribution in [0.4, 0.5) is 4.39 Å². The third-order valence-corrected chi connectivity index (χ3v) is 3.27. The predicted molar refractivity (Wildman–Crippen MR) is 76.4 cm³/mol. The van der Waals surface area contributed by atoms with Crippen LogP contribution in [0.25, 0.3) is 0 Å². The molecule has 2 nitrogen and oxygen atoms in total. The second-order valence-corrected chi connectivity index (χ2v) is 5.10. The minimum atomic E-state index is -0.141. The van der Waals surface area contributed by atoms with E-state index < -0.39 is 0 Å². The summed E-state index contributed by atoms with van der Waals surface area (Å²) in [5.74, 6) is -0.141. The van der Waals surface area contributed by atoms with Gasteiger partial charge in [0.25, 0.3) is 0 Å². The fourth-order valence-electron chi connectivity index (χ4n) is 1.90. The summed E-state index contributed by atoms with van der Waals surface area (Å²) in [5.41, 5.74) is 0.742. The van der Waals surface area contributed by atoms with Crippen molar-refractivity contribution in [2.24, 2.45) is 0 Å². The lowest BCUT2D eigenvalue weighted by Gasteiger charge is -2.18. The molecule has 1 aromatic carbocycles. The molecule has 0 aliphatic rings. The van der Waals surface area contributed by atoms with Crippen molar-refractivity contribution in [2.75, 3.05) is 19.8 Å². The van der Waals surface area contributed by atoms with E-state index in [9.17, 15) is 4.39 Å². The van der Waals surface area contributed by atoms with E-state index >= 15 is 0 Å². The Kier molecular flexibility index (Phi) is 7.47. The lowest BCUT2D eigenvalue weighted by atomic mass is 10.0. The lowest BCUT2D eigenvalue weighted by Crippen LogP contribution is -2.32. The van der Waals surface area contributed by atoms with Crippen molar-refractivity contribution < 1.29 is 9.13 Å². The largest absolute Gasteiger partial charge is 0.382 e. The average Bonchev–Trinajstić information content (AvgIpc) is 2.34. The molecule has 0 saturated heterocycles. The Morgan fingerprint density at radius 2 is 2.17 bits per heavy atom. The molecule has 0 amide bonds. The molecule has 0 heterocycles. The van der Waals surface area contributed by atoms with Crippen LogP contribution in [0, 0.1) is 5.82 Å². The molecule has 0 aromatic heterocycles. The van der Waals surface area contributed by atoms with Crippen molar-refractivity contribution in [1.82, 2.24) is 5.32 Å². The molecule has 18 heavy (non-hydrogen) atoms. The highest BCUT2D eigenvalue weighted by Crippen LogP contribution is 2.17. The van der Waals surface area contributed by atoms with Gasteiger partial charge >= 0.3 is 0 Å². The van der Waals surface area contributed by atoms with Gasteiger partial charge in [-0.1, -0.05) is 22.9 Å². The van der Waals surface area contributed by atoms with E-state index in [-0.39, 0.29) is 11.9 Å². The van der Waals surface area contributed by atoms with Crippen LogP contribution in [0.15, 0.2) is 22.7 Å². The Labute approximate surface area is 117 Å². The van der Waals surface area contributed by atoms with Gasteiger partial charge in [0.15, 0.2) is 0 Å².